The van der Waals surface area contributed by atoms with E-state index < -0.39 is 0 Å². The van der Waals surface area contributed by atoms with E-state index in [9.17, 15) is 9.90 Å². The number of aliphatic hydroxyl groups excluding tert-OH is 1. The SMILES string of the molecule is Cc1c(OCC[C@@H](C)O)ccc([C@H](C)N2C[C@H]3C[C@@H]2CN3C(=O)c2ccc(Cl)nc2)c1C. The second kappa shape index (κ2) is 9.38. The normalized spacial score (nSPS) is 22.2. The molecule has 3 heterocycles. The summed E-state index contributed by atoms with van der Waals surface area (Å²) in [5.74, 6) is 0.926. The molecule has 1 amide bonds. The molecule has 2 aliphatic heterocycles. The zero-order valence-electron chi connectivity index (χ0n) is 19.2. The Labute approximate surface area is 195 Å². The molecule has 2 fully saturated rings. The number of pyridine rings is 1. The molecule has 0 radical (unpaired) electrons. The summed E-state index contributed by atoms with van der Waals surface area (Å²) >= 11 is 5.86. The Morgan fingerprint density at radius 2 is 1.97 bits per heavy atom. The topological polar surface area (TPSA) is 65.9 Å². The summed E-state index contributed by atoms with van der Waals surface area (Å²) in [6.07, 6.45) is 2.84. The molecule has 4 rings (SSSR count). The van der Waals surface area contributed by atoms with Crippen LogP contribution in [0.5, 0.6) is 5.75 Å². The third-order valence-electron chi connectivity index (χ3n) is 7.04. The molecule has 0 unspecified atom stereocenters. The van der Waals surface area contributed by atoms with Crippen LogP contribution in [0.25, 0.3) is 0 Å². The lowest BCUT2D eigenvalue weighted by Gasteiger charge is -2.38. The van der Waals surface area contributed by atoms with Crippen LogP contribution in [0.2, 0.25) is 5.15 Å². The van der Waals surface area contributed by atoms with Crippen LogP contribution >= 0.6 is 11.6 Å². The zero-order valence-corrected chi connectivity index (χ0v) is 20.0. The summed E-state index contributed by atoms with van der Waals surface area (Å²) in [5.41, 5.74) is 4.29. The molecule has 0 saturated carbocycles. The first-order valence-corrected chi connectivity index (χ1v) is 11.7. The number of ether oxygens (including phenoxy) is 1. The van der Waals surface area contributed by atoms with Gasteiger partial charge in [-0.05, 0) is 69.0 Å². The first kappa shape index (κ1) is 23.0. The maximum Gasteiger partial charge on any atom is 0.255 e. The number of aromatic nitrogens is 1. The number of aliphatic hydroxyl groups is 1. The van der Waals surface area contributed by atoms with Crippen molar-refractivity contribution in [3.8, 4) is 5.75 Å². The van der Waals surface area contributed by atoms with E-state index in [0.29, 0.717) is 29.8 Å². The van der Waals surface area contributed by atoms with Gasteiger partial charge in [0.1, 0.15) is 10.9 Å². The van der Waals surface area contributed by atoms with E-state index in [4.69, 9.17) is 16.3 Å². The molecule has 1 N–H and O–H groups in total. The highest BCUT2D eigenvalue weighted by Gasteiger charge is 2.47. The first-order valence-electron chi connectivity index (χ1n) is 11.4. The summed E-state index contributed by atoms with van der Waals surface area (Å²) in [5, 5.41) is 9.85. The molecule has 6 nitrogen and oxygen atoms in total. The van der Waals surface area contributed by atoms with Crippen molar-refractivity contribution in [3.05, 3.63) is 57.9 Å². The number of likely N-dealkylation sites (tertiary alicyclic amines) is 2. The molecule has 2 bridgehead atoms. The van der Waals surface area contributed by atoms with Gasteiger partial charge >= 0.3 is 0 Å². The van der Waals surface area contributed by atoms with Crippen LogP contribution in [0.3, 0.4) is 0 Å². The van der Waals surface area contributed by atoms with Crippen molar-refractivity contribution in [3.63, 3.8) is 0 Å². The zero-order chi connectivity index (χ0) is 23.0. The van der Waals surface area contributed by atoms with E-state index in [2.05, 4.69) is 36.7 Å². The summed E-state index contributed by atoms with van der Waals surface area (Å²) in [6, 6.07) is 8.49. The molecule has 0 spiro atoms. The van der Waals surface area contributed by atoms with Crippen molar-refractivity contribution >= 4 is 17.5 Å². The van der Waals surface area contributed by atoms with Gasteiger partial charge < -0.3 is 14.7 Å². The molecule has 1 aromatic carbocycles. The van der Waals surface area contributed by atoms with E-state index in [0.717, 1.165) is 30.8 Å². The Kier molecular flexibility index (Phi) is 6.75. The van der Waals surface area contributed by atoms with Crippen molar-refractivity contribution < 1.29 is 14.6 Å². The summed E-state index contributed by atoms with van der Waals surface area (Å²) in [6.45, 7) is 10.4. The molecule has 32 heavy (non-hydrogen) atoms. The van der Waals surface area contributed by atoms with Crippen LogP contribution in [0.1, 0.15) is 59.8 Å². The van der Waals surface area contributed by atoms with Gasteiger partial charge in [-0.2, -0.15) is 0 Å². The third-order valence-corrected chi connectivity index (χ3v) is 7.26. The molecular weight excluding hydrogens is 426 g/mol. The Hall–Kier alpha value is -2.15. The number of carbonyl (C=O) groups excluding carboxylic acids is 1. The number of hydrogen-bond donors (Lipinski definition) is 1. The predicted molar refractivity (Wildman–Crippen MR) is 125 cm³/mol. The average molecular weight is 458 g/mol. The predicted octanol–water partition coefficient (Wildman–Crippen LogP) is 4.16. The number of carbonyl (C=O) groups is 1. The van der Waals surface area contributed by atoms with Crippen LogP contribution in [-0.4, -0.2) is 63.7 Å². The number of nitrogens with zero attached hydrogens (tertiary/aromatic N) is 3. The van der Waals surface area contributed by atoms with Gasteiger partial charge in [0.2, 0.25) is 0 Å². The molecule has 0 aliphatic carbocycles. The molecular formula is C25H32ClN3O3. The van der Waals surface area contributed by atoms with E-state index in [1.165, 1.54) is 11.1 Å². The van der Waals surface area contributed by atoms with Crippen molar-refractivity contribution in [2.75, 3.05) is 19.7 Å². The highest BCUT2D eigenvalue weighted by molar-refractivity contribution is 6.29. The van der Waals surface area contributed by atoms with Gasteiger partial charge in [-0.25, -0.2) is 4.98 Å². The summed E-state index contributed by atoms with van der Waals surface area (Å²) in [4.78, 5) is 21.5. The standard InChI is InChI=1S/C25H32ClN3O3/c1-15(30)9-10-32-23-7-6-22(16(2)17(23)3)18(4)28-13-21-11-20(28)14-29(21)25(31)19-5-8-24(26)27-12-19/h5-8,12,15,18,20-21,30H,9-11,13-14H2,1-4H3/t15-,18+,20-,21-/m1/s1. The minimum Gasteiger partial charge on any atom is -0.493 e. The fourth-order valence-corrected chi connectivity index (χ4v) is 5.14. The van der Waals surface area contributed by atoms with E-state index >= 15 is 0 Å². The van der Waals surface area contributed by atoms with Crippen LogP contribution in [0.15, 0.2) is 30.5 Å². The van der Waals surface area contributed by atoms with E-state index in [1.807, 2.05) is 11.0 Å². The quantitative estimate of drug-likeness (QED) is 0.632. The van der Waals surface area contributed by atoms with Gasteiger partial charge in [0.15, 0.2) is 0 Å². The van der Waals surface area contributed by atoms with Crippen molar-refractivity contribution in [1.82, 2.24) is 14.8 Å². The number of rotatable bonds is 7. The second-order valence-electron chi connectivity index (χ2n) is 9.13. The third kappa shape index (κ3) is 4.49. The highest BCUT2D eigenvalue weighted by Crippen LogP contribution is 2.39. The Morgan fingerprint density at radius 3 is 2.59 bits per heavy atom. The lowest BCUT2D eigenvalue weighted by atomic mass is 9.96. The van der Waals surface area contributed by atoms with Gasteiger partial charge in [-0.15, -0.1) is 0 Å². The average Bonchev–Trinajstić information content (AvgIpc) is 3.37. The Bertz CT molecular complexity index is 979. The maximum atomic E-state index is 13.0. The van der Waals surface area contributed by atoms with Crippen LogP contribution < -0.4 is 4.74 Å². The van der Waals surface area contributed by atoms with Gasteiger partial charge in [0.25, 0.3) is 5.91 Å². The van der Waals surface area contributed by atoms with Crippen molar-refractivity contribution in [1.29, 1.82) is 0 Å². The van der Waals surface area contributed by atoms with E-state index in [1.54, 1.807) is 25.3 Å². The van der Waals surface area contributed by atoms with Gasteiger partial charge in [0, 0.05) is 43.8 Å². The van der Waals surface area contributed by atoms with Crippen molar-refractivity contribution in [2.24, 2.45) is 0 Å². The number of halogens is 1. The minimum absolute atomic E-state index is 0.0414. The minimum atomic E-state index is -0.358. The lowest BCUT2D eigenvalue weighted by molar-refractivity contribution is 0.0568. The molecule has 2 aliphatic rings. The molecule has 172 valence electrons. The van der Waals surface area contributed by atoms with Crippen LogP contribution in [0, 0.1) is 13.8 Å². The molecule has 2 saturated heterocycles. The fraction of sp³-hybridized carbons (Fsp3) is 0.520. The number of piperazine rings is 1. The summed E-state index contributed by atoms with van der Waals surface area (Å²) < 4.78 is 5.90. The number of amides is 1. The largest absolute Gasteiger partial charge is 0.493 e. The summed E-state index contributed by atoms with van der Waals surface area (Å²) in [7, 11) is 0. The highest BCUT2D eigenvalue weighted by atomic mass is 35.5. The molecule has 1 aromatic heterocycles. The second-order valence-corrected chi connectivity index (χ2v) is 9.52. The smallest absolute Gasteiger partial charge is 0.255 e. The van der Waals surface area contributed by atoms with E-state index in [-0.39, 0.29) is 24.1 Å². The first-order chi connectivity index (χ1) is 15.3. The number of hydrogen-bond acceptors (Lipinski definition) is 5. The van der Waals surface area contributed by atoms with Crippen LogP contribution in [0.4, 0.5) is 0 Å². The van der Waals surface area contributed by atoms with Crippen LogP contribution in [-0.2, 0) is 0 Å². The van der Waals surface area contributed by atoms with Gasteiger partial charge in [0.05, 0.1) is 18.3 Å². The lowest BCUT2D eigenvalue weighted by Crippen LogP contribution is -2.49. The number of benzene rings is 1. The Morgan fingerprint density at radius 1 is 1.19 bits per heavy atom. The van der Waals surface area contributed by atoms with Gasteiger partial charge in [-0.1, -0.05) is 17.7 Å². The molecule has 4 atom stereocenters. The van der Waals surface area contributed by atoms with Crippen molar-refractivity contribution in [2.45, 2.75) is 64.8 Å². The van der Waals surface area contributed by atoms with Gasteiger partial charge in [-0.3, -0.25) is 9.69 Å². The molecule has 7 heteroatoms. The monoisotopic (exact) mass is 457 g/mol. The fourth-order valence-electron chi connectivity index (χ4n) is 5.03. The Balaban J connectivity index is 1.42. The maximum absolute atomic E-state index is 13.0. The molecule has 2 aromatic rings. The number of fused-ring (bicyclic) bond motifs is 2.